The SMILES string of the molecule is CCCCC(CC)CN(CC(CC)CCCC)c1cc(NC(=O)C(CC)CCCC)c(C)cc1OCC.CN=Nc1ccc(C(C)=O)cc1. The molecule has 0 spiro atoms. The van der Waals surface area contributed by atoms with Gasteiger partial charge in [0.1, 0.15) is 5.75 Å². The van der Waals surface area contributed by atoms with Gasteiger partial charge in [-0.2, -0.15) is 10.2 Å². The minimum absolute atomic E-state index is 0.0648. The van der Waals surface area contributed by atoms with E-state index in [-0.39, 0.29) is 17.6 Å². The summed E-state index contributed by atoms with van der Waals surface area (Å²) in [6, 6.07) is 11.4. The number of carbonyl (C=O) groups is 2. The van der Waals surface area contributed by atoms with Crippen molar-refractivity contribution in [3.63, 3.8) is 0 Å². The molecule has 2 rings (SSSR count). The quantitative estimate of drug-likeness (QED) is 0.0936. The molecule has 0 saturated heterocycles. The van der Waals surface area contributed by atoms with Crippen LogP contribution in [0.4, 0.5) is 17.1 Å². The van der Waals surface area contributed by atoms with Gasteiger partial charge in [-0.25, -0.2) is 0 Å². The van der Waals surface area contributed by atoms with Gasteiger partial charge in [-0.1, -0.05) is 92.9 Å². The lowest BCUT2D eigenvalue weighted by Gasteiger charge is -2.34. The molecule has 0 aliphatic carbocycles. The van der Waals surface area contributed by atoms with Crippen molar-refractivity contribution in [3.05, 3.63) is 47.5 Å². The summed E-state index contributed by atoms with van der Waals surface area (Å²) in [5, 5.41) is 10.8. The Morgan fingerprint density at radius 1 is 0.796 bits per heavy atom. The number of hydrogen-bond donors (Lipinski definition) is 1. The molecule has 0 fully saturated rings. The van der Waals surface area contributed by atoms with Gasteiger partial charge in [-0.15, -0.1) is 0 Å². The highest BCUT2D eigenvalue weighted by Crippen LogP contribution is 2.37. The summed E-state index contributed by atoms with van der Waals surface area (Å²) in [4.78, 5) is 26.7. The number of benzene rings is 2. The molecule has 0 saturated carbocycles. The van der Waals surface area contributed by atoms with Gasteiger partial charge in [0.05, 0.1) is 18.0 Å². The highest BCUT2D eigenvalue weighted by molar-refractivity contribution is 5.94. The maximum atomic E-state index is 13.2. The van der Waals surface area contributed by atoms with Crippen LogP contribution in [0.15, 0.2) is 46.6 Å². The van der Waals surface area contributed by atoms with Crippen LogP contribution in [0.25, 0.3) is 0 Å². The van der Waals surface area contributed by atoms with Gasteiger partial charge in [0.25, 0.3) is 0 Å². The lowest BCUT2D eigenvalue weighted by Crippen LogP contribution is -2.34. The summed E-state index contributed by atoms with van der Waals surface area (Å²) < 4.78 is 6.22. The molecule has 0 aliphatic heterocycles. The van der Waals surface area contributed by atoms with Crippen molar-refractivity contribution in [3.8, 4) is 5.75 Å². The molecular weight excluding hydrogens is 608 g/mol. The van der Waals surface area contributed by atoms with Crippen LogP contribution in [-0.2, 0) is 4.79 Å². The number of aryl methyl sites for hydroxylation is 1. The van der Waals surface area contributed by atoms with E-state index in [0.717, 1.165) is 67.1 Å². The van der Waals surface area contributed by atoms with Crippen LogP contribution >= 0.6 is 0 Å². The van der Waals surface area contributed by atoms with Gasteiger partial charge >= 0.3 is 0 Å². The zero-order valence-corrected chi connectivity index (χ0v) is 32.9. The predicted molar refractivity (Wildman–Crippen MR) is 210 cm³/mol. The van der Waals surface area contributed by atoms with Crippen LogP contribution in [-0.4, -0.2) is 38.4 Å². The van der Waals surface area contributed by atoms with E-state index >= 15 is 0 Å². The number of nitrogens with zero attached hydrogens (tertiary/aromatic N) is 3. The second kappa shape index (κ2) is 25.7. The Bertz CT molecular complexity index is 1210. The first-order valence-electron chi connectivity index (χ1n) is 19.4. The molecule has 0 bridgehead atoms. The van der Waals surface area contributed by atoms with Crippen molar-refractivity contribution in [2.75, 3.05) is 37.0 Å². The van der Waals surface area contributed by atoms with Gasteiger partial charge in [0.15, 0.2) is 5.78 Å². The van der Waals surface area contributed by atoms with Crippen LogP contribution in [0, 0.1) is 24.7 Å². The van der Waals surface area contributed by atoms with Crippen LogP contribution in [0.5, 0.6) is 5.75 Å². The molecule has 276 valence electrons. The zero-order chi connectivity index (χ0) is 36.6. The summed E-state index contributed by atoms with van der Waals surface area (Å²) in [5.74, 6) is 2.57. The molecule has 7 nitrogen and oxygen atoms in total. The van der Waals surface area contributed by atoms with Crippen LogP contribution in [0.3, 0.4) is 0 Å². The average Bonchev–Trinajstić information content (AvgIpc) is 3.10. The Balaban J connectivity index is 0.000000835. The maximum Gasteiger partial charge on any atom is 0.227 e. The number of ether oxygens (including phenoxy) is 1. The van der Waals surface area contributed by atoms with E-state index in [1.807, 2.05) is 0 Å². The number of azo groups is 1. The number of anilines is 2. The lowest BCUT2D eigenvalue weighted by molar-refractivity contribution is -0.120. The van der Waals surface area contributed by atoms with E-state index in [4.69, 9.17) is 4.74 Å². The first-order valence-corrected chi connectivity index (χ1v) is 19.4. The molecule has 0 aromatic heterocycles. The number of Topliss-reactive ketones (excluding diaryl/α,β-unsaturated/α-hetero) is 1. The molecule has 1 N–H and O–H groups in total. The fraction of sp³-hybridized carbons (Fsp3) is 0.667. The molecule has 2 aromatic carbocycles. The first kappa shape index (κ1) is 43.8. The highest BCUT2D eigenvalue weighted by Gasteiger charge is 2.23. The third-order valence-corrected chi connectivity index (χ3v) is 9.51. The van der Waals surface area contributed by atoms with E-state index in [0.29, 0.717) is 24.0 Å². The Morgan fingerprint density at radius 2 is 1.35 bits per heavy atom. The van der Waals surface area contributed by atoms with E-state index in [9.17, 15) is 9.59 Å². The number of nitrogens with one attached hydrogen (secondary N) is 1. The van der Waals surface area contributed by atoms with Crippen molar-refractivity contribution in [2.24, 2.45) is 28.0 Å². The molecule has 49 heavy (non-hydrogen) atoms. The summed E-state index contributed by atoms with van der Waals surface area (Å²) in [7, 11) is 1.61. The molecule has 3 atom stereocenters. The number of rotatable bonds is 23. The number of amides is 1. The van der Waals surface area contributed by atoms with Crippen LogP contribution in [0.1, 0.15) is 148 Å². The first-order chi connectivity index (χ1) is 23.6. The zero-order valence-electron chi connectivity index (χ0n) is 32.9. The molecule has 0 radical (unpaired) electrons. The number of hydrogen-bond acceptors (Lipinski definition) is 6. The van der Waals surface area contributed by atoms with Gasteiger partial charge in [-0.3, -0.25) is 9.59 Å². The topological polar surface area (TPSA) is 83.4 Å². The predicted octanol–water partition coefficient (Wildman–Crippen LogP) is 12.4. The van der Waals surface area contributed by atoms with Crippen molar-refractivity contribution in [1.29, 1.82) is 0 Å². The van der Waals surface area contributed by atoms with E-state index in [1.54, 1.807) is 31.3 Å². The van der Waals surface area contributed by atoms with Gasteiger partial charge in [0.2, 0.25) is 5.91 Å². The van der Waals surface area contributed by atoms with Gasteiger partial charge in [0, 0.05) is 37.3 Å². The number of carbonyl (C=O) groups excluding carboxylic acids is 2. The lowest BCUT2D eigenvalue weighted by atomic mass is 9.95. The van der Waals surface area contributed by atoms with Crippen molar-refractivity contribution >= 4 is 28.8 Å². The molecule has 1 amide bonds. The summed E-state index contributed by atoms with van der Waals surface area (Å²) in [6.45, 7) is 22.0. The van der Waals surface area contributed by atoms with Crippen LogP contribution in [0.2, 0.25) is 0 Å². The molecule has 7 heteroatoms. The van der Waals surface area contributed by atoms with Crippen molar-refractivity contribution in [1.82, 2.24) is 0 Å². The van der Waals surface area contributed by atoms with Crippen molar-refractivity contribution in [2.45, 2.75) is 139 Å². The van der Waals surface area contributed by atoms with E-state index in [1.165, 1.54) is 58.3 Å². The maximum absolute atomic E-state index is 13.2. The highest BCUT2D eigenvalue weighted by atomic mass is 16.5. The third-order valence-electron chi connectivity index (χ3n) is 9.51. The minimum atomic E-state index is 0.0648. The Morgan fingerprint density at radius 3 is 1.80 bits per heavy atom. The normalized spacial score (nSPS) is 12.9. The second-order valence-corrected chi connectivity index (χ2v) is 13.4. The summed E-state index contributed by atoms with van der Waals surface area (Å²) >= 11 is 0. The van der Waals surface area contributed by atoms with Crippen LogP contribution < -0.4 is 15.0 Å². The molecular formula is C42H70N4O3. The molecule has 0 heterocycles. The Labute approximate surface area is 300 Å². The number of unbranched alkanes of at least 4 members (excludes halogenated alkanes) is 3. The molecule has 2 aromatic rings. The summed E-state index contributed by atoms with van der Waals surface area (Å²) in [6.07, 6.45) is 14.0. The van der Waals surface area contributed by atoms with Crippen molar-refractivity contribution < 1.29 is 14.3 Å². The monoisotopic (exact) mass is 679 g/mol. The molecule has 3 unspecified atom stereocenters. The van der Waals surface area contributed by atoms with Gasteiger partial charge < -0.3 is 15.0 Å². The number of ketones is 1. The average molecular weight is 679 g/mol. The fourth-order valence-corrected chi connectivity index (χ4v) is 6.14. The minimum Gasteiger partial charge on any atom is -0.492 e. The van der Waals surface area contributed by atoms with E-state index in [2.05, 4.69) is 88.0 Å². The standard InChI is InChI=1S/C33H60N2O2.C9H10N2O/c1-9-16-19-27(12-4)24-35(25-28(13-5)20-17-10-2)31-23-30(26(8)22-32(31)37-15-7)34-33(36)29(14-6)21-18-11-3;1-7(12)8-3-5-9(6-4-8)11-10-2/h22-23,27-29H,9-21,24-25H2,1-8H3,(H,34,36);3-6H,1-2H3. The van der Waals surface area contributed by atoms with E-state index < -0.39 is 0 Å². The fourth-order valence-electron chi connectivity index (χ4n) is 6.14. The Hall–Kier alpha value is -3.22. The smallest absolute Gasteiger partial charge is 0.227 e. The largest absolute Gasteiger partial charge is 0.492 e. The van der Waals surface area contributed by atoms with Gasteiger partial charge in [-0.05, 0) is 100 Å². The second-order valence-electron chi connectivity index (χ2n) is 13.4. The summed E-state index contributed by atoms with van der Waals surface area (Å²) in [5.41, 5.74) is 4.62. The third kappa shape index (κ3) is 16.4. The Kier molecular flexibility index (Phi) is 23.0. The molecule has 0 aliphatic rings.